The lowest BCUT2D eigenvalue weighted by Gasteiger charge is -2.23. The summed E-state index contributed by atoms with van der Waals surface area (Å²) in [5, 5.41) is 1.67. The Morgan fingerprint density at radius 2 is 2.05 bits per heavy atom. The number of hydrogen-bond acceptors (Lipinski definition) is 3. The fraction of sp³-hybridized carbons (Fsp3) is 0.471. The lowest BCUT2D eigenvalue weighted by atomic mass is 10.1. The highest BCUT2D eigenvalue weighted by Crippen LogP contribution is 2.25. The molecule has 0 N–H and O–H groups in total. The molecule has 3 nitrogen and oxygen atoms in total. The molecular weight excluding hydrogens is 284 g/mol. The molecule has 0 unspecified atom stereocenters. The van der Waals surface area contributed by atoms with E-state index in [9.17, 15) is 0 Å². The molecule has 0 fully saturated rings. The number of ether oxygens (including phenoxy) is 1. The molecule has 0 aliphatic rings. The quantitative estimate of drug-likeness (QED) is 0.741. The second-order valence-electron chi connectivity index (χ2n) is 5.72. The average molecular weight is 307 g/mol. The van der Waals surface area contributed by atoms with Gasteiger partial charge in [0.15, 0.2) is 0 Å². The van der Waals surface area contributed by atoms with E-state index in [-0.39, 0.29) is 0 Å². The molecule has 0 radical (unpaired) electrons. The summed E-state index contributed by atoms with van der Waals surface area (Å²) in [4.78, 5) is 6.90. The lowest BCUT2D eigenvalue weighted by molar-refractivity contribution is 0.248. The summed E-state index contributed by atoms with van der Waals surface area (Å²) in [5.41, 5.74) is 1.95. The van der Waals surface area contributed by atoms with Gasteiger partial charge in [-0.05, 0) is 30.7 Å². The normalized spacial score (nSPS) is 11.6. The van der Waals surface area contributed by atoms with Crippen LogP contribution >= 0.6 is 11.6 Å². The molecule has 0 spiro atoms. The van der Waals surface area contributed by atoms with Gasteiger partial charge in [-0.25, -0.2) is 4.98 Å². The molecule has 1 aromatic heterocycles. The van der Waals surface area contributed by atoms with Crippen LogP contribution in [0.4, 0.5) is 0 Å². The first-order valence-electron chi connectivity index (χ1n) is 7.39. The van der Waals surface area contributed by atoms with Gasteiger partial charge in [-0.3, -0.25) is 4.90 Å². The van der Waals surface area contributed by atoms with Crippen LogP contribution in [-0.4, -0.2) is 30.1 Å². The Morgan fingerprint density at radius 1 is 1.29 bits per heavy atom. The maximum atomic E-state index is 6.36. The molecule has 0 saturated heterocycles. The van der Waals surface area contributed by atoms with Crippen LogP contribution in [0, 0.1) is 5.92 Å². The van der Waals surface area contributed by atoms with Crippen LogP contribution in [-0.2, 0) is 6.54 Å². The predicted octanol–water partition coefficient (Wildman–Crippen LogP) is 4.37. The first kappa shape index (κ1) is 16.1. The zero-order chi connectivity index (χ0) is 15.4. The van der Waals surface area contributed by atoms with Crippen molar-refractivity contribution in [2.75, 3.05) is 20.2 Å². The van der Waals surface area contributed by atoms with E-state index in [0.29, 0.717) is 11.1 Å². The fourth-order valence-electron chi connectivity index (χ4n) is 2.47. The van der Waals surface area contributed by atoms with Crippen molar-refractivity contribution in [2.24, 2.45) is 5.92 Å². The Labute approximate surface area is 131 Å². The van der Waals surface area contributed by atoms with Crippen molar-refractivity contribution in [3.63, 3.8) is 0 Å². The zero-order valence-corrected chi connectivity index (χ0v) is 13.9. The van der Waals surface area contributed by atoms with Crippen molar-refractivity contribution in [3.05, 3.63) is 35.0 Å². The van der Waals surface area contributed by atoms with E-state index >= 15 is 0 Å². The Morgan fingerprint density at radius 3 is 2.67 bits per heavy atom. The number of aromatic nitrogens is 1. The number of benzene rings is 1. The third kappa shape index (κ3) is 4.08. The van der Waals surface area contributed by atoms with Crippen molar-refractivity contribution < 1.29 is 4.74 Å². The number of methoxy groups -OCH3 is 1. The summed E-state index contributed by atoms with van der Waals surface area (Å²) >= 11 is 6.36. The Balaban J connectivity index is 2.29. The lowest BCUT2D eigenvalue weighted by Crippen LogP contribution is -2.27. The summed E-state index contributed by atoms with van der Waals surface area (Å²) in [6, 6.07) is 8.02. The fourth-order valence-corrected chi connectivity index (χ4v) is 2.67. The van der Waals surface area contributed by atoms with Crippen LogP contribution in [0.5, 0.6) is 5.75 Å². The van der Waals surface area contributed by atoms with Gasteiger partial charge in [0, 0.05) is 30.1 Å². The van der Waals surface area contributed by atoms with Gasteiger partial charge in [0.2, 0.25) is 0 Å². The molecule has 0 saturated carbocycles. The summed E-state index contributed by atoms with van der Waals surface area (Å²) < 4.78 is 5.23. The average Bonchev–Trinajstić information content (AvgIpc) is 2.46. The van der Waals surface area contributed by atoms with Gasteiger partial charge in [-0.15, -0.1) is 0 Å². The van der Waals surface area contributed by atoms with Crippen molar-refractivity contribution in [2.45, 2.75) is 27.3 Å². The number of rotatable bonds is 6. The van der Waals surface area contributed by atoms with Crippen LogP contribution in [0.15, 0.2) is 24.3 Å². The van der Waals surface area contributed by atoms with Crippen LogP contribution in [0.3, 0.4) is 0 Å². The molecule has 0 bridgehead atoms. The number of pyridine rings is 1. The van der Waals surface area contributed by atoms with Gasteiger partial charge in [0.05, 0.1) is 12.6 Å². The van der Waals surface area contributed by atoms with Gasteiger partial charge in [0.1, 0.15) is 10.9 Å². The summed E-state index contributed by atoms with van der Waals surface area (Å²) in [5.74, 6) is 1.44. The first-order chi connectivity index (χ1) is 10.0. The van der Waals surface area contributed by atoms with E-state index in [2.05, 4.69) is 36.7 Å². The molecule has 0 amide bonds. The van der Waals surface area contributed by atoms with E-state index in [4.69, 9.17) is 16.3 Å². The van der Waals surface area contributed by atoms with Gasteiger partial charge >= 0.3 is 0 Å². The molecule has 2 aromatic rings. The van der Waals surface area contributed by atoms with Gasteiger partial charge < -0.3 is 4.74 Å². The Bertz CT molecular complexity index is 613. The van der Waals surface area contributed by atoms with E-state index in [1.54, 1.807) is 7.11 Å². The molecule has 1 aromatic carbocycles. The molecule has 4 heteroatoms. The van der Waals surface area contributed by atoms with Crippen LogP contribution in [0.25, 0.3) is 10.9 Å². The van der Waals surface area contributed by atoms with Gasteiger partial charge in [-0.2, -0.15) is 0 Å². The largest absolute Gasteiger partial charge is 0.497 e. The number of fused-ring (bicyclic) bond motifs is 1. The number of hydrogen-bond donors (Lipinski definition) is 0. The standard InChI is InChI=1S/C17H23ClN2O/c1-5-20(10-12(2)3)11-14-8-13-6-7-15(21-4)9-16(13)19-17(14)18/h6-9,12H,5,10-11H2,1-4H3. The smallest absolute Gasteiger partial charge is 0.134 e. The minimum Gasteiger partial charge on any atom is -0.497 e. The second kappa shape index (κ2) is 7.10. The van der Waals surface area contributed by atoms with E-state index in [0.717, 1.165) is 41.9 Å². The molecule has 0 aliphatic heterocycles. The first-order valence-corrected chi connectivity index (χ1v) is 7.76. The zero-order valence-electron chi connectivity index (χ0n) is 13.2. The van der Waals surface area contributed by atoms with Gasteiger partial charge in [-0.1, -0.05) is 32.4 Å². The van der Waals surface area contributed by atoms with Crippen LogP contribution in [0.2, 0.25) is 5.15 Å². The predicted molar refractivity (Wildman–Crippen MR) is 89.1 cm³/mol. The molecular formula is C17H23ClN2O. The van der Waals surface area contributed by atoms with Crippen molar-refractivity contribution >= 4 is 22.5 Å². The highest BCUT2D eigenvalue weighted by atomic mass is 35.5. The summed E-state index contributed by atoms with van der Waals surface area (Å²) in [7, 11) is 1.65. The monoisotopic (exact) mass is 306 g/mol. The molecule has 0 aliphatic carbocycles. The maximum absolute atomic E-state index is 6.36. The highest BCUT2D eigenvalue weighted by molar-refractivity contribution is 6.30. The molecule has 0 atom stereocenters. The number of halogens is 1. The third-order valence-corrected chi connectivity index (χ3v) is 3.84. The highest BCUT2D eigenvalue weighted by Gasteiger charge is 2.11. The van der Waals surface area contributed by atoms with Crippen LogP contribution in [0.1, 0.15) is 26.3 Å². The molecule has 2 rings (SSSR count). The van der Waals surface area contributed by atoms with Crippen molar-refractivity contribution in [3.8, 4) is 5.75 Å². The Kier molecular flexibility index (Phi) is 5.43. The SMILES string of the molecule is CCN(Cc1cc2ccc(OC)cc2nc1Cl)CC(C)C. The Hall–Kier alpha value is -1.32. The van der Waals surface area contributed by atoms with E-state index in [1.165, 1.54) is 0 Å². The maximum Gasteiger partial charge on any atom is 0.134 e. The second-order valence-corrected chi connectivity index (χ2v) is 6.08. The minimum atomic E-state index is 0.581. The van der Waals surface area contributed by atoms with Crippen molar-refractivity contribution in [1.29, 1.82) is 0 Å². The summed E-state index contributed by atoms with van der Waals surface area (Å²) in [6.07, 6.45) is 0. The van der Waals surface area contributed by atoms with E-state index in [1.807, 2.05) is 18.2 Å². The minimum absolute atomic E-state index is 0.581. The van der Waals surface area contributed by atoms with Gasteiger partial charge in [0.25, 0.3) is 0 Å². The van der Waals surface area contributed by atoms with Crippen LogP contribution < -0.4 is 4.74 Å². The molecule has 1 heterocycles. The third-order valence-electron chi connectivity index (χ3n) is 3.52. The molecule has 21 heavy (non-hydrogen) atoms. The van der Waals surface area contributed by atoms with E-state index < -0.39 is 0 Å². The topological polar surface area (TPSA) is 25.4 Å². The summed E-state index contributed by atoms with van der Waals surface area (Å²) in [6.45, 7) is 9.55. The van der Waals surface area contributed by atoms with Crippen molar-refractivity contribution in [1.82, 2.24) is 9.88 Å². The number of nitrogens with zero attached hydrogens (tertiary/aromatic N) is 2. The molecule has 114 valence electrons.